The molecule has 2 amide bonds. The molecule has 0 radical (unpaired) electrons. The van der Waals surface area contributed by atoms with Crippen LogP contribution in [-0.2, 0) is 15.8 Å². The molecule has 0 heterocycles. The minimum atomic E-state index is -4.54. The fourth-order valence-electron chi connectivity index (χ4n) is 2.50. The van der Waals surface area contributed by atoms with E-state index in [9.17, 15) is 22.8 Å². The number of ether oxygens (including phenoxy) is 2. The fraction of sp³-hybridized carbons (Fsp3) is 0.286. The molecule has 2 rings (SSSR count). The Morgan fingerprint density at radius 2 is 1.94 bits per heavy atom. The summed E-state index contributed by atoms with van der Waals surface area (Å²) in [7, 11) is 1.49. The lowest BCUT2D eigenvalue weighted by molar-refractivity contribution is -0.137. The number of anilines is 1. The molecule has 0 saturated heterocycles. The molecule has 0 saturated carbocycles. The first kappa shape index (κ1) is 25.2. The molecule has 0 fully saturated rings. The van der Waals surface area contributed by atoms with Crippen molar-refractivity contribution in [1.29, 1.82) is 0 Å². The second kappa shape index (κ2) is 11.5. The highest BCUT2D eigenvalue weighted by molar-refractivity contribution is 9.10. The van der Waals surface area contributed by atoms with Crippen LogP contribution in [-0.4, -0.2) is 31.7 Å². The summed E-state index contributed by atoms with van der Waals surface area (Å²) in [4.78, 5) is 23.8. The molecule has 0 aromatic heterocycles. The second-order valence-electron chi connectivity index (χ2n) is 6.48. The Hall–Kier alpha value is -3.08. The Morgan fingerprint density at radius 3 is 2.59 bits per heavy atom. The van der Waals surface area contributed by atoms with Crippen LogP contribution in [0.4, 0.5) is 18.9 Å². The van der Waals surface area contributed by atoms with Gasteiger partial charge in [0.2, 0.25) is 11.8 Å². The zero-order chi connectivity index (χ0) is 23.7. The quantitative estimate of drug-likeness (QED) is 0.286. The normalized spacial score (nSPS) is 11.3. The zero-order valence-electron chi connectivity index (χ0n) is 17.3. The molecule has 32 heavy (non-hydrogen) atoms. The SMILES string of the molecule is CCCOc1c(Br)cc(C=NNC(=O)CC(=O)Nc2cccc(C(F)(F)F)c2)cc1OC. The van der Waals surface area contributed by atoms with Gasteiger partial charge in [-0.3, -0.25) is 9.59 Å². The van der Waals surface area contributed by atoms with Crippen LogP contribution < -0.4 is 20.2 Å². The van der Waals surface area contributed by atoms with E-state index in [4.69, 9.17) is 9.47 Å². The van der Waals surface area contributed by atoms with E-state index in [1.165, 1.54) is 19.4 Å². The monoisotopic (exact) mass is 515 g/mol. The molecule has 2 N–H and O–H groups in total. The minimum absolute atomic E-state index is 0.0662. The van der Waals surface area contributed by atoms with Crippen molar-refractivity contribution in [3.8, 4) is 11.5 Å². The largest absolute Gasteiger partial charge is 0.493 e. The highest BCUT2D eigenvalue weighted by Gasteiger charge is 2.30. The molecule has 0 aliphatic heterocycles. The predicted octanol–water partition coefficient (Wildman–Crippen LogP) is 4.74. The maximum Gasteiger partial charge on any atom is 0.416 e. The Balaban J connectivity index is 1.94. The van der Waals surface area contributed by atoms with Gasteiger partial charge >= 0.3 is 6.18 Å². The number of alkyl halides is 3. The molecule has 0 bridgehead atoms. The molecule has 0 aliphatic rings. The molecule has 7 nitrogen and oxygen atoms in total. The van der Waals surface area contributed by atoms with Crippen LogP contribution in [0, 0.1) is 0 Å². The Labute approximate surface area is 191 Å². The summed E-state index contributed by atoms with van der Waals surface area (Å²) in [6.45, 7) is 2.49. The molecule has 0 unspecified atom stereocenters. The van der Waals surface area contributed by atoms with Crippen LogP contribution in [0.3, 0.4) is 0 Å². The maximum absolute atomic E-state index is 12.7. The molecular weight excluding hydrogens is 495 g/mol. The number of hydrogen-bond acceptors (Lipinski definition) is 5. The molecule has 11 heteroatoms. The maximum atomic E-state index is 12.7. The van der Waals surface area contributed by atoms with E-state index < -0.39 is 30.0 Å². The molecular formula is C21H21BrF3N3O4. The first-order chi connectivity index (χ1) is 15.1. The van der Waals surface area contributed by atoms with Gasteiger partial charge in [0.25, 0.3) is 0 Å². The topological polar surface area (TPSA) is 89.0 Å². The van der Waals surface area contributed by atoms with Crippen molar-refractivity contribution in [2.45, 2.75) is 25.9 Å². The Bertz CT molecular complexity index is 997. The summed E-state index contributed by atoms with van der Waals surface area (Å²) in [5.41, 5.74) is 1.81. The van der Waals surface area contributed by atoms with Crippen LogP contribution >= 0.6 is 15.9 Å². The van der Waals surface area contributed by atoms with Crippen molar-refractivity contribution in [1.82, 2.24) is 5.43 Å². The van der Waals surface area contributed by atoms with Crippen molar-refractivity contribution in [3.63, 3.8) is 0 Å². The van der Waals surface area contributed by atoms with Crippen LogP contribution in [0.1, 0.15) is 30.9 Å². The summed E-state index contributed by atoms with van der Waals surface area (Å²) in [5.74, 6) is -0.499. The molecule has 0 atom stereocenters. The molecule has 0 aliphatic carbocycles. The van der Waals surface area contributed by atoms with Crippen molar-refractivity contribution in [2.75, 3.05) is 19.0 Å². The van der Waals surface area contributed by atoms with E-state index in [1.807, 2.05) is 6.92 Å². The number of nitrogens with one attached hydrogen (secondary N) is 2. The Kier molecular flexibility index (Phi) is 9.06. The number of nitrogens with zero attached hydrogens (tertiary/aromatic N) is 1. The lowest BCUT2D eigenvalue weighted by Gasteiger charge is -2.12. The first-order valence-corrected chi connectivity index (χ1v) is 10.2. The third-order valence-electron chi connectivity index (χ3n) is 3.90. The zero-order valence-corrected chi connectivity index (χ0v) is 18.8. The van der Waals surface area contributed by atoms with E-state index in [0.29, 0.717) is 28.1 Å². The number of carbonyl (C=O) groups is 2. The summed E-state index contributed by atoms with van der Waals surface area (Å²) in [6.07, 6.45) is -2.99. The summed E-state index contributed by atoms with van der Waals surface area (Å²) in [6, 6.07) is 7.49. The highest BCUT2D eigenvalue weighted by Crippen LogP contribution is 2.36. The number of carbonyl (C=O) groups excluding carboxylic acids is 2. The number of rotatable bonds is 9. The third-order valence-corrected chi connectivity index (χ3v) is 4.49. The second-order valence-corrected chi connectivity index (χ2v) is 7.33. The van der Waals surface area contributed by atoms with E-state index >= 15 is 0 Å². The summed E-state index contributed by atoms with van der Waals surface area (Å²) < 4.78 is 49.8. The van der Waals surface area contributed by atoms with Gasteiger partial charge in [-0.05, 0) is 58.2 Å². The lowest BCUT2D eigenvalue weighted by atomic mass is 10.2. The first-order valence-electron chi connectivity index (χ1n) is 9.43. The number of hydrogen-bond donors (Lipinski definition) is 2. The van der Waals surface area contributed by atoms with Crippen molar-refractivity contribution in [3.05, 3.63) is 52.0 Å². The van der Waals surface area contributed by atoms with Crippen LogP contribution in [0.15, 0.2) is 46.0 Å². The van der Waals surface area contributed by atoms with Gasteiger partial charge in [0.05, 0.1) is 30.0 Å². The van der Waals surface area contributed by atoms with Crippen molar-refractivity contribution < 1.29 is 32.2 Å². The molecule has 0 spiro atoms. The van der Waals surface area contributed by atoms with Gasteiger partial charge in [-0.2, -0.15) is 18.3 Å². The smallest absolute Gasteiger partial charge is 0.416 e. The average molecular weight is 516 g/mol. The third kappa shape index (κ3) is 7.56. The van der Waals surface area contributed by atoms with Gasteiger partial charge in [0, 0.05) is 5.69 Å². The van der Waals surface area contributed by atoms with Crippen molar-refractivity contribution in [2.24, 2.45) is 5.10 Å². The average Bonchev–Trinajstić information content (AvgIpc) is 2.72. The predicted molar refractivity (Wildman–Crippen MR) is 117 cm³/mol. The van der Waals surface area contributed by atoms with Gasteiger partial charge < -0.3 is 14.8 Å². The van der Waals surface area contributed by atoms with Gasteiger partial charge in [-0.1, -0.05) is 13.0 Å². The van der Waals surface area contributed by atoms with Crippen LogP contribution in [0.5, 0.6) is 11.5 Å². The highest BCUT2D eigenvalue weighted by atomic mass is 79.9. The van der Waals surface area contributed by atoms with Crippen LogP contribution in [0.2, 0.25) is 0 Å². The lowest BCUT2D eigenvalue weighted by Crippen LogP contribution is -2.24. The van der Waals surface area contributed by atoms with Crippen LogP contribution in [0.25, 0.3) is 0 Å². The number of halogens is 4. The van der Waals surface area contributed by atoms with E-state index in [0.717, 1.165) is 24.6 Å². The molecule has 172 valence electrons. The Morgan fingerprint density at radius 1 is 1.19 bits per heavy atom. The van der Waals surface area contributed by atoms with E-state index in [-0.39, 0.29) is 5.69 Å². The van der Waals surface area contributed by atoms with E-state index in [1.54, 1.807) is 12.1 Å². The molecule has 2 aromatic rings. The number of methoxy groups -OCH3 is 1. The fourth-order valence-corrected chi connectivity index (χ4v) is 3.08. The molecule has 2 aromatic carbocycles. The van der Waals surface area contributed by atoms with Gasteiger partial charge in [0.1, 0.15) is 6.42 Å². The van der Waals surface area contributed by atoms with Crippen molar-refractivity contribution >= 4 is 39.6 Å². The summed E-state index contributed by atoms with van der Waals surface area (Å²) in [5, 5.41) is 6.04. The number of hydrazone groups is 1. The number of benzene rings is 2. The minimum Gasteiger partial charge on any atom is -0.493 e. The number of amides is 2. The van der Waals surface area contributed by atoms with E-state index in [2.05, 4.69) is 31.8 Å². The standard InChI is InChI=1S/C21H21BrF3N3O4/c1-3-7-32-20-16(22)8-13(9-17(20)31-2)12-26-28-19(30)11-18(29)27-15-6-4-5-14(10-15)21(23,24)25/h4-6,8-10,12H,3,7,11H2,1-2H3,(H,27,29)(H,28,30). The summed E-state index contributed by atoms with van der Waals surface area (Å²) >= 11 is 3.39. The van der Waals surface area contributed by atoms with Gasteiger partial charge in [-0.25, -0.2) is 5.43 Å². The van der Waals surface area contributed by atoms with Gasteiger partial charge in [0.15, 0.2) is 11.5 Å². The van der Waals surface area contributed by atoms with Gasteiger partial charge in [-0.15, -0.1) is 0 Å².